The Morgan fingerprint density at radius 1 is 0.944 bits per heavy atom. The van der Waals surface area contributed by atoms with Crippen LogP contribution in [0, 0.1) is 0 Å². The van der Waals surface area contributed by atoms with Gasteiger partial charge in [-0.25, -0.2) is 4.98 Å². The molecule has 0 aliphatic rings. The molecule has 0 atom stereocenters. The maximum atomic E-state index is 4.10. The van der Waals surface area contributed by atoms with E-state index in [0.717, 1.165) is 5.69 Å². The van der Waals surface area contributed by atoms with Gasteiger partial charge in [0.25, 0.3) is 0 Å². The van der Waals surface area contributed by atoms with E-state index in [0.29, 0.717) is 5.82 Å². The molecule has 0 aliphatic heterocycles. The Balaban J connectivity index is 0. The quantitative estimate of drug-likeness (QED) is 0.353. The smallest absolute Gasteiger partial charge is 1.00 e. The minimum atomic E-state index is 0. The molecule has 0 aliphatic carbocycles. The van der Waals surface area contributed by atoms with E-state index in [2.05, 4.69) is 20.5 Å². The van der Waals surface area contributed by atoms with Crippen LogP contribution in [0.3, 0.4) is 0 Å². The predicted octanol–water partition coefficient (Wildman–Crippen LogP) is -4.07. The molecular weight excluding hydrogens is 323 g/mol. The minimum Gasteiger partial charge on any atom is -1.00 e. The van der Waals surface area contributed by atoms with Gasteiger partial charge in [-0.05, 0) is 24.3 Å². The Morgan fingerprint density at radius 2 is 1.61 bits per heavy atom. The van der Waals surface area contributed by atoms with Crippen molar-refractivity contribution in [2.24, 2.45) is 5.10 Å². The summed E-state index contributed by atoms with van der Waals surface area (Å²) in [6, 6.07) is 11.2. The molecule has 0 saturated carbocycles. The van der Waals surface area contributed by atoms with Gasteiger partial charge >= 0.3 is 17.1 Å². The number of aromatic nitrogens is 2. The molecule has 2 aromatic heterocycles. The third-order valence-electron chi connectivity index (χ3n) is 1.73. The Bertz CT molecular complexity index is 439. The molecule has 0 unspecified atom stereocenters. The number of nitrogens with one attached hydrogen (secondary N) is 1. The SMILES string of the molecule is C(=N\Nc1ccccn1)/c1ccccn1.[Cl-].[Cl-].[Cu+2]. The van der Waals surface area contributed by atoms with Crippen LogP contribution in [0.2, 0.25) is 0 Å². The van der Waals surface area contributed by atoms with Crippen molar-refractivity contribution >= 4 is 12.0 Å². The van der Waals surface area contributed by atoms with Crippen LogP contribution in [0.4, 0.5) is 5.82 Å². The summed E-state index contributed by atoms with van der Waals surface area (Å²) in [6.45, 7) is 0. The summed E-state index contributed by atoms with van der Waals surface area (Å²) in [7, 11) is 0. The standard InChI is InChI=1S/C11H10N4.2ClH.Cu/c1-3-7-12-10(5-1)9-14-15-11-6-2-4-8-13-11;;;/h1-9H,(H,13,15);2*1H;/q;;;+2/p-2/b14-9+;;;. The minimum absolute atomic E-state index is 0. The second kappa shape index (κ2) is 11.0. The van der Waals surface area contributed by atoms with E-state index >= 15 is 0 Å². The summed E-state index contributed by atoms with van der Waals surface area (Å²) in [4.78, 5) is 8.16. The topological polar surface area (TPSA) is 50.2 Å². The van der Waals surface area contributed by atoms with Gasteiger partial charge in [-0.15, -0.1) is 0 Å². The fraction of sp³-hybridized carbons (Fsp3) is 0. The number of hydrogen-bond acceptors (Lipinski definition) is 4. The van der Waals surface area contributed by atoms with Crippen LogP contribution in [-0.4, -0.2) is 16.2 Å². The first-order chi connectivity index (χ1) is 7.45. The molecule has 0 spiro atoms. The van der Waals surface area contributed by atoms with Gasteiger partial charge in [0, 0.05) is 12.4 Å². The van der Waals surface area contributed by atoms with Gasteiger partial charge in [-0.1, -0.05) is 12.1 Å². The summed E-state index contributed by atoms with van der Waals surface area (Å²) < 4.78 is 0. The molecule has 2 heterocycles. The number of rotatable bonds is 3. The van der Waals surface area contributed by atoms with Gasteiger partial charge in [0.15, 0.2) is 0 Å². The zero-order valence-corrected chi connectivity index (χ0v) is 11.5. The average Bonchev–Trinajstić information content (AvgIpc) is 2.32. The van der Waals surface area contributed by atoms with E-state index in [1.807, 2.05) is 36.4 Å². The van der Waals surface area contributed by atoms with Crippen molar-refractivity contribution in [2.45, 2.75) is 0 Å². The van der Waals surface area contributed by atoms with Crippen molar-refractivity contribution in [3.8, 4) is 0 Å². The van der Waals surface area contributed by atoms with E-state index in [-0.39, 0.29) is 41.9 Å². The Labute approximate surface area is 129 Å². The largest absolute Gasteiger partial charge is 2.00 e. The van der Waals surface area contributed by atoms with Gasteiger partial charge in [0.2, 0.25) is 0 Å². The molecule has 7 heteroatoms. The molecule has 1 radical (unpaired) electrons. The van der Waals surface area contributed by atoms with Gasteiger partial charge in [-0.3, -0.25) is 10.4 Å². The molecular formula is C11H10Cl2CuN4. The Kier molecular flexibility index (Phi) is 11.7. The van der Waals surface area contributed by atoms with Crippen LogP contribution >= 0.6 is 0 Å². The van der Waals surface area contributed by atoms with E-state index in [9.17, 15) is 0 Å². The number of nitrogens with zero attached hydrogens (tertiary/aromatic N) is 3. The molecule has 0 amide bonds. The summed E-state index contributed by atoms with van der Waals surface area (Å²) in [5.41, 5.74) is 3.62. The Morgan fingerprint density at radius 3 is 2.17 bits per heavy atom. The molecule has 0 fully saturated rings. The fourth-order valence-corrected chi connectivity index (χ4v) is 1.05. The first-order valence-electron chi connectivity index (χ1n) is 4.56. The molecule has 0 bridgehead atoms. The van der Waals surface area contributed by atoms with E-state index in [4.69, 9.17) is 0 Å². The molecule has 1 N–H and O–H groups in total. The van der Waals surface area contributed by atoms with Crippen LogP contribution < -0.4 is 30.2 Å². The van der Waals surface area contributed by atoms with Crippen LogP contribution in [0.25, 0.3) is 0 Å². The second-order valence-corrected chi connectivity index (χ2v) is 2.84. The van der Waals surface area contributed by atoms with Gasteiger partial charge in [0.1, 0.15) is 5.82 Å². The van der Waals surface area contributed by atoms with Crippen LogP contribution in [-0.2, 0) is 17.1 Å². The molecule has 4 nitrogen and oxygen atoms in total. The number of hydrogen-bond donors (Lipinski definition) is 1. The van der Waals surface area contributed by atoms with Crippen LogP contribution in [0.5, 0.6) is 0 Å². The Hall–Kier alpha value is -1.13. The molecule has 0 saturated heterocycles. The number of halogens is 2. The first-order valence-corrected chi connectivity index (χ1v) is 4.56. The summed E-state index contributed by atoms with van der Waals surface area (Å²) >= 11 is 0. The number of anilines is 1. The van der Waals surface area contributed by atoms with Crippen LogP contribution in [0.15, 0.2) is 53.9 Å². The van der Waals surface area contributed by atoms with Crippen molar-refractivity contribution in [3.63, 3.8) is 0 Å². The van der Waals surface area contributed by atoms with Crippen molar-refractivity contribution in [3.05, 3.63) is 54.5 Å². The van der Waals surface area contributed by atoms with E-state index in [1.165, 1.54) is 0 Å². The van der Waals surface area contributed by atoms with Gasteiger partial charge in [0.05, 0.1) is 11.9 Å². The normalized spacial score (nSPS) is 8.67. The molecule has 18 heavy (non-hydrogen) atoms. The molecule has 99 valence electrons. The van der Waals surface area contributed by atoms with Crippen molar-refractivity contribution in [2.75, 3.05) is 5.43 Å². The fourth-order valence-electron chi connectivity index (χ4n) is 1.05. The van der Waals surface area contributed by atoms with Gasteiger partial charge in [-0.2, -0.15) is 5.10 Å². The molecule has 2 rings (SSSR count). The summed E-state index contributed by atoms with van der Waals surface area (Å²) in [6.07, 6.45) is 5.08. The van der Waals surface area contributed by atoms with E-state index in [1.54, 1.807) is 18.6 Å². The van der Waals surface area contributed by atoms with Crippen molar-refractivity contribution in [1.82, 2.24) is 9.97 Å². The molecule has 2 aromatic rings. The summed E-state index contributed by atoms with van der Waals surface area (Å²) in [5, 5.41) is 4.01. The zero-order chi connectivity index (χ0) is 10.3. The number of hydrazone groups is 1. The average molecular weight is 333 g/mol. The maximum Gasteiger partial charge on any atom is 2.00 e. The summed E-state index contributed by atoms with van der Waals surface area (Å²) in [5.74, 6) is 0.713. The second-order valence-electron chi connectivity index (χ2n) is 2.84. The third kappa shape index (κ3) is 6.57. The van der Waals surface area contributed by atoms with Crippen molar-refractivity contribution in [1.29, 1.82) is 0 Å². The van der Waals surface area contributed by atoms with Crippen molar-refractivity contribution < 1.29 is 41.9 Å². The van der Waals surface area contributed by atoms with E-state index < -0.39 is 0 Å². The predicted molar refractivity (Wildman–Crippen MR) is 59.7 cm³/mol. The zero-order valence-electron chi connectivity index (χ0n) is 9.10. The molecule has 0 aromatic carbocycles. The third-order valence-corrected chi connectivity index (χ3v) is 1.73. The number of pyridine rings is 2. The van der Waals surface area contributed by atoms with Crippen LogP contribution in [0.1, 0.15) is 5.69 Å². The monoisotopic (exact) mass is 331 g/mol. The first kappa shape index (κ1) is 19.2. The van der Waals surface area contributed by atoms with Gasteiger partial charge < -0.3 is 24.8 Å². The maximum absolute atomic E-state index is 4.10.